The molecular weight excluding hydrogens is 436 g/mol. The lowest BCUT2D eigenvalue weighted by molar-refractivity contribution is 0.767. The van der Waals surface area contributed by atoms with Crippen LogP contribution in [0.1, 0.15) is 22.3 Å². The van der Waals surface area contributed by atoms with Crippen LogP contribution >= 0.6 is 0 Å². The van der Waals surface area contributed by atoms with Crippen LogP contribution in [0.4, 0.5) is 11.4 Å². The van der Waals surface area contributed by atoms with Gasteiger partial charge in [0.15, 0.2) is 0 Å². The highest BCUT2D eigenvalue weighted by Gasteiger charge is 2.50. The molecule has 1 aromatic heterocycles. The highest BCUT2D eigenvalue weighted by Crippen LogP contribution is 2.62. The molecule has 0 saturated carbocycles. The summed E-state index contributed by atoms with van der Waals surface area (Å²) in [5, 5.41) is 6.33. The van der Waals surface area contributed by atoms with Crippen LogP contribution in [0.5, 0.6) is 0 Å². The second kappa shape index (κ2) is 6.30. The van der Waals surface area contributed by atoms with Gasteiger partial charge in [0, 0.05) is 34.1 Å². The number of nitrogens with one attached hydrogen (secondary N) is 1. The first-order valence-electron chi connectivity index (χ1n) is 12.5. The van der Waals surface area contributed by atoms with Gasteiger partial charge >= 0.3 is 0 Å². The van der Waals surface area contributed by atoms with Crippen molar-refractivity contribution in [2.75, 3.05) is 5.32 Å². The number of rotatable bonds is 0. The Kier molecular flexibility index (Phi) is 3.26. The molecular formula is C34H20N2. The zero-order valence-corrected chi connectivity index (χ0v) is 19.4. The van der Waals surface area contributed by atoms with Gasteiger partial charge in [-0.25, -0.2) is 0 Å². The maximum Gasteiger partial charge on any atom is 0.0756 e. The van der Waals surface area contributed by atoms with E-state index in [1.54, 1.807) is 0 Å². The number of pyridine rings is 1. The maximum atomic E-state index is 5.04. The van der Waals surface area contributed by atoms with Crippen LogP contribution in [-0.2, 0) is 5.41 Å². The molecule has 0 unspecified atom stereocenters. The van der Waals surface area contributed by atoms with Crippen molar-refractivity contribution < 1.29 is 0 Å². The fraction of sp³-hybridized carbons (Fsp3) is 0.0294. The minimum Gasteiger partial charge on any atom is -0.354 e. The second-order valence-electron chi connectivity index (χ2n) is 9.98. The number of benzene rings is 5. The molecule has 0 fully saturated rings. The molecule has 166 valence electrons. The van der Waals surface area contributed by atoms with Gasteiger partial charge in [0.05, 0.1) is 11.1 Å². The Morgan fingerprint density at radius 2 is 1.11 bits per heavy atom. The minimum atomic E-state index is -0.405. The van der Waals surface area contributed by atoms with Gasteiger partial charge in [-0.05, 0) is 62.5 Å². The molecule has 9 rings (SSSR count). The molecule has 2 heterocycles. The third-order valence-corrected chi connectivity index (χ3v) is 8.47. The summed E-state index contributed by atoms with van der Waals surface area (Å²) in [6.07, 6.45) is 1.94. The standard InChI is InChI=1S/C34H20N2/c1-4-11-25-20(8-1)21-9-2-5-12-26(21)34(25)27-17-18-30-32-23(22-10-3-6-14-29(22)36-30)15-16-24(31(27)32)33-28(34)13-7-19-35-33/h1-19,36H. The van der Waals surface area contributed by atoms with Gasteiger partial charge in [-0.2, -0.15) is 0 Å². The van der Waals surface area contributed by atoms with Crippen molar-refractivity contribution in [2.45, 2.75) is 5.41 Å². The number of nitrogens with zero attached hydrogens (tertiary/aromatic N) is 1. The van der Waals surface area contributed by atoms with Crippen molar-refractivity contribution in [3.63, 3.8) is 0 Å². The zero-order valence-electron chi connectivity index (χ0n) is 19.4. The Bertz CT molecular complexity index is 1890. The zero-order chi connectivity index (χ0) is 23.4. The largest absolute Gasteiger partial charge is 0.354 e. The Balaban J connectivity index is 1.54. The summed E-state index contributed by atoms with van der Waals surface area (Å²) < 4.78 is 0. The van der Waals surface area contributed by atoms with E-state index in [2.05, 4.69) is 115 Å². The topological polar surface area (TPSA) is 24.9 Å². The minimum absolute atomic E-state index is 0.405. The first kappa shape index (κ1) is 18.6. The van der Waals surface area contributed by atoms with Crippen molar-refractivity contribution in [1.82, 2.24) is 4.98 Å². The molecule has 36 heavy (non-hydrogen) atoms. The van der Waals surface area contributed by atoms with Crippen LogP contribution in [0.15, 0.2) is 115 Å². The molecule has 6 aromatic rings. The van der Waals surface area contributed by atoms with Crippen molar-refractivity contribution in [3.8, 4) is 33.5 Å². The lowest BCUT2D eigenvalue weighted by Gasteiger charge is -2.40. The Morgan fingerprint density at radius 3 is 1.92 bits per heavy atom. The van der Waals surface area contributed by atoms with Crippen LogP contribution in [0.2, 0.25) is 0 Å². The van der Waals surface area contributed by atoms with E-state index in [0.717, 1.165) is 11.4 Å². The van der Waals surface area contributed by atoms with E-state index in [4.69, 9.17) is 4.98 Å². The lowest BCUT2D eigenvalue weighted by atomic mass is 9.62. The van der Waals surface area contributed by atoms with E-state index in [1.165, 1.54) is 66.5 Å². The average Bonchev–Trinajstić information content (AvgIpc) is 3.24. The Hall–Kier alpha value is -4.69. The summed E-state index contributed by atoms with van der Waals surface area (Å²) in [6.45, 7) is 0. The summed E-state index contributed by atoms with van der Waals surface area (Å²) in [5.41, 5.74) is 14.7. The highest BCUT2D eigenvalue weighted by atomic mass is 14.9. The van der Waals surface area contributed by atoms with Gasteiger partial charge < -0.3 is 5.32 Å². The summed E-state index contributed by atoms with van der Waals surface area (Å²) >= 11 is 0. The van der Waals surface area contributed by atoms with Gasteiger partial charge in [-0.3, -0.25) is 4.98 Å². The molecule has 2 nitrogen and oxygen atoms in total. The molecule has 0 saturated heterocycles. The van der Waals surface area contributed by atoms with E-state index in [9.17, 15) is 0 Å². The Morgan fingerprint density at radius 1 is 0.444 bits per heavy atom. The van der Waals surface area contributed by atoms with Crippen molar-refractivity contribution in [2.24, 2.45) is 0 Å². The van der Waals surface area contributed by atoms with Crippen molar-refractivity contribution in [3.05, 3.63) is 138 Å². The molecule has 0 radical (unpaired) electrons. The first-order chi connectivity index (χ1) is 17.9. The molecule has 2 aliphatic carbocycles. The number of hydrogen-bond donors (Lipinski definition) is 1. The van der Waals surface area contributed by atoms with Crippen LogP contribution in [0, 0.1) is 0 Å². The van der Waals surface area contributed by atoms with Gasteiger partial charge in [0.2, 0.25) is 0 Å². The van der Waals surface area contributed by atoms with Gasteiger partial charge in [0.25, 0.3) is 0 Å². The number of fused-ring (bicyclic) bond motifs is 11. The quantitative estimate of drug-likeness (QED) is 0.248. The van der Waals surface area contributed by atoms with E-state index >= 15 is 0 Å². The molecule has 1 aliphatic heterocycles. The predicted octanol–water partition coefficient (Wildman–Crippen LogP) is 8.30. The molecule has 3 aliphatic rings. The average molecular weight is 457 g/mol. The van der Waals surface area contributed by atoms with E-state index in [1.807, 2.05) is 6.20 Å². The number of anilines is 2. The maximum absolute atomic E-state index is 5.04. The van der Waals surface area contributed by atoms with E-state index < -0.39 is 5.41 Å². The number of hydrogen-bond acceptors (Lipinski definition) is 2. The van der Waals surface area contributed by atoms with Gasteiger partial charge in [-0.15, -0.1) is 0 Å². The smallest absolute Gasteiger partial charge is 0.0756 e. The Labute approximate surface area is 208 Å². The summed E-state index contributed by atoms with van der Waals surface area (Å²) in [6, 6.07) is 40.1. The normalized spacial score (nSPS) is 14.6. The predicted molar refractivity (Wildman–Crippen MR) is 147 cm³/mol. The summed E-state index contributed by atoms with van der Waals surface area (Å²) in [7, 11) is 0. The molecule has 0 amide bonds. The third kappa shape index (κ3) is 1.97. The SMILES string of the molecule is c1ccc2c(c1)Nc1ccc3c4c(ccc-2c14)-c1ncccc1C31c2ccccc2-c2ccccc21. The number of aromatic nitrogens is 1. The summed E-state index contributed by atoms with van der Waals surface area (Å²) in [5.74, 6) is 0. The molecule has 1 N–H and O–H groups in total. The summed E-state index contributed by atoms with van der Waals surface area (Å²) in [4.78, 5) is 5.04. The number of para-hydroxylation sites is 1. The van der Waals surface area contributed by atoms with Crippen molar-refractivity contribution >= 4 is 22.1 Å². The van der Waals surface area contributed by atoms with Crippen LogP contribution < -0.4 is 5.32 Å². The van der Waals surface area contributed by atoms with Gasteiger partial charge in [0.1, 0.15) is 0 Å². The fourth-order valence-corrected chi connectivity index (χ4v) is 7.19. The van der Waals surface area contributed by atoms with Crippen LogP contribution in [-0.4, -0.2) is 4.98 Å². The van der Waals surface area contributed by atoms with E-state index in [0.29, 0.717) is 0 Å². The monoisotopic (exact) mass is 456 g/mol. The molecule has 5 aromatic carbocycles. The molecule has 1 spiro atoms. The second-order valence-corrected chi connectivity index (χ2v) is 9.98. The van der Waals surface area contributed by atoms with Crippen LogP contribution in [0.3, 0.4) is 0 Å². The highest BCUT2D eigenvalue weighted by molar-refractivity contribution is 6.18. The third-order valence-electron chi connectivity index (χ3n) is 8.47. The van der Waals surface area contributed by atoms with Gasteiger partial charge in [-0.1, -0.05) is 91.0 Å². The molecule has 2 heteroatoms. The molecule has 0 bridgehead atoms. The van der Waals surface area contributed by atoms with Crippen molar-refractivity contribution in [1.29, 1.82) is 0 Å². The lowest BCUT2D eigenvalue weighted by Crippen LogP contribution is -2.32. The first-order valence-corrected chi connectivity index (χ1v) is 12.5. The van der Waals surface area contributed by atoms with Crippen LogP contribution in [0.25, 0.3) is 44.3 Å². The fourth-order valence-electron chi connectivity index (χ4n) is 7.19. The van der Waals surface area contributed by atoms with E-state index in [-0.39, 0.29) is 0 Å². The molecule has 0 atom stereocenters.